The van der Waals surface area contributed by atoms with Gasteiger partial charge in [0.1, 0.15) is 0 Å². The highest BCUT2D eigenvalue weighted by Crippen LogP contribution is 2.51. The van der Waals surface area contributed by atoms with Crippen molar-refractivity contribution < 1.29 is 0 Å². The van der Waals surface area contributed by atoms with E-state index in [0.29, 0.717) is 6.42 Å². The van der Waals surface area contributed by atoms with Crippen molar-refractivity contribution >= 4 is 0 Å². The van der Waals surface area contributed by atoms with Crippen LogP contribution in [-0.4, -0.2) is 15.0 Å². The first-order valence-electron chi connectivity index (χ1n) is 8.52. The quantitative estimate of drug-likeness (QED) is 0.663. The zero-order valence-electron chi connectivity index (χ0n) is 13.9. The molecular weight excluding hydrogens is 308 g/mol. The lowest BCUT2D eigenvalue weighted by Crippen LogP contribution is -2.28. The third-order valence-corrected chi connectivity index (χ3v) is 5.02. The number of rotatable bonds is 5. The van der Waals surface area contributed by atoms with Gasteiger partial charge >= 0.3 is 0 Å². The second-order valence-corrected chi connectivity index (χ2v) is 6.43. The summed E-state index contributed by atoms with van der Waals surface area (Å²) in [5.41, 5.74) is 5.44. The predicted octanol–water partition coefficient (Wildman–Crippen LogP) is 4.07. The number of fused-ring (bicyclic) bond motifs is 3. The van der Waals surface area contributed by atoms with Gasteiger partial charge in [-0.2, -0.15) is 5.26 Å². The number of nitrogens with zero attached hydrogens (tertiary/aromatic N) is 4. The van der Waals surface area contributed by atoms with Crippen LogP contribution >= 0.6 is 0 Å². The lowest BCUT2D eigenvalue weighted by atomic mass is 9.71. The molecule has 4 nitrogen and oxygen atoms in total. The van der Waals surface area contributed by atoms with Crippen LogP contribution in [0.15, 0.2) is 61.2 Å². The molecule has 0 spiro atoms. The van der Waals surface area contributed by atoms with Gasteiger partial charge in [-0.05, 0) is 60.2 Å². The van der Waals surface area contributed by atoms with Crippen molar-refractivity contribution in [3.05, 3.63) is 77.9 Å². The first-order valence-corrected chi connectivity index (χ1v) is 8.52. The highest BCUT2D eigenvalue weighted by Gasteiger charge is 2.44. The average molecular weight is 326 g/mol. The smallest absolute Gasteiger partial charge is 0.0930 e. The molecular formula is C21H18N4. The molecule has 0 aliphatic heterocycles. The lowest BCUT2D eigenvalue weighted by Gasteiger charge is -2.31. The Morgan fingerprint density at radius 1 is 0.880 bits per heavy atom. The van der Waals surface area contributed by atoms with Gasteiger partial charge in [-0.15, -0.1) is 0 Å². The van der Waals surface area contributed by atoms with E-state index in [1.807, 2.05) is 36.9 Å². The molecule has 0 bridgehead atoms. The summed E-state index contributed by atoms with van der Waals surface area (Å²) in [6.45, 7) is 0. The molecule has 3 aromatic rings. The SMILES string of the molecule is N#CCCCC1(Cc2ccncc2)c2cccnc2-c2ncccc21. The van der Waals surface area contributed by atoms with Crippen LogP contribution in [0.2, 0.25) is 0 Å². The van der Waals surface area contributed by atoms with E-state index < -0.39 is 0 Å². The minimum atomic E-state index is -0.189. The average Bonchev–Trinajstić information content (AvgIpc) is 2.94. The Hall–Kier alpha value is -3.06. The largest absolute Gasteiger partial charge is 0.265 e. The van der Waals surface area contributed by atoms with Crippen molar-refractivity contribution in [3.63, 3.8) is 0 Å². The highest BCUT2D eigenvalue weighted by molar-refractivity contribution is 5.75. The molecule has 0 aromatic carbocycles. The van der Waals surface area contributed by atoms with Crippen LogP contribution in [0.4, 0.5) is 0 Å². The molecule has 3 heterocycles. The third kappa shape index (κ3) is 2.58. The van der Waals surface area contributed by atoms with Crippen LogP contribution in [0.5, 0.6) is 0 Å². The van der Waals surface area contributed by atoms with E-state index in [4.69, 9.17) is 5.26 Å². The Kier molecular flexibility index (Phi) is 3.99. The summed E-state index contributed by atoms with van der Waals surface area (Å²) in [5, 5.41) is 9.02. The molecule has 0 atom stereocenters. The Morgan fingerprint density at radius 2 is 1.52 bits per heavy atom. The molecule has 0 fully saturated rings. The van der Waals surface area contributed by atoms with Crippen LogP contribution in [0.25, 0.3) is 11.4 Å². The van der Waals surface area contributed by atoms with E-state index in [0.717, 1.165) is 30.7 Å². The van der Waals surface area contributed by atoms with Gasteiger partial charge in [0.25, 0.3) is 0 Å². The Balaban J connectivity index is 1.89. The summed E-state index contributed by atoms with van der Waals surface area (Å²) >= 11 is 0. The van der Waals surface area contributed by atoms with Gasteiger partial charge in [-0.1, -0.05) is 12.1 Å². The number of nitriles is 1. The topological polar surface area (TPSA) is 62.5 Å². The molecule has 0 N–H and O–H groups in total. The molecule has 25 heavy (non-hydrogen) atoms. The van der Waals surface area contributed by atoms with E-state index >= 15 is 0 Å². The van der Waals surface area contributed by atoms with Crippen molar-refractivity contribution in [1.29, 1.82) is 5.26 Å². The number of aromatic nitrogens is 3. The second-order valence-electron chi connectivity index (χ2n) is 6.43. The molecule has 0 saturated carbocycles. The summed E-state index contributed by atoms with van der Waals surface area (Å²) in [6, 6.07) is 14.7. The summed E-state index contributed by atoms with van der Waals surface area (Å²) in [7, 11) is 0. The Labute approximate surface area is 147 Å². The maximum atomic E-state index is 9.02. The first kappa shape index (κ1) is 15.5. The summed E-state index contributed by atoms with van der Waals surface area (Å²) in [5.74, 6) is 0. The van der Waals surface area contributed by atoms with Gasteiger partial charge in [0, 0.05) is 36.6 Å². The van der Waals surface area contributed by atoms with Gasteiger partial charge in [-0.3, -0.25) is 15.0 Å². The van der Waals surface area contributed by atoms with E-state index in [-0.39, 0.29) is 5.41 Å². The molecule has 122 valence electrons. The van der Waals surface area contributed by atoms with E-state index in [9.17, 15) is 0 Å². The molecule has 4 heteroatoms. The summed E-state index contributed by atoms with van der Waals surface area (Å²) in [6.07, 6.45) is 10.5. The summed E-state index contributed by atoms with van der Waals surface area (Å²) in [4.78, 5) is 13.4. The van der Waals surface area contributed by atoms with Crippen molar-refractivity contribution in [1.82, 2.24) is 15.0 Å². The number of hydrogen-bond donors (Lipinski definition) is 0. The fourth-order valence-corrected chi connectivity index (χ4v) is 3.97. The number of pyridine rings is 3. The van der Waals surface area contributed by atoms with Crippen molar-refractivity contribution in [2.45, 2.75) is 31.1 Å². The van der Waals surface area contributed by atoms with Gasteiger partial charge in [-0.25, -0.2) is 0 Å². The molecule has 1 aliphatic carbocycles. The molecule has 0 saturated heterocycles. The fourth-order valence-electron chi connectivity index (χ4n) is 3.97. The third-order valence-electron chi connectivity index (χ3n) is 5.02. The van der Waals surface area contributed by atoms with Gasteiger partial charge in [0.2, 0.25) is 0 Å². The van der Waals surface area contributed by atoms with Crippen molar-refractivity contribution in [2.75, 3.05) is 0 Å². The molecule has 0 amide bonds. The second kappa shape index (κ2) is 6.45. The fraction of sp³-hybridized carbons (Fsp3) is 0.238. The van der Waals surface area contributed by atoms with Crippen molar-refractivity contribution in [2.24, 2.45) is 0 Å². The molecule has 4 rings (SSSR count). The minimum absolute atomic E-state index is 0.189. The van der Waals surface area contributed by atoms with Gasteiger partial charge in [0.05, 0.1) is 17.5 Å². The monoisotopic (exact) mass is 326 g/mol. The standard InChI is InChI=1S/C21H18N4/c22-10-2-1-9-21(15-16-7-13-23-14-8-16)17-5-3-11-24-19(17)20-18(21)6-4-12-25-20/h3-8,11-14H,1-2,9,15H2. The molecule has 0 radical (unpaired) electrons. The normalized spacial score (nSPS) is 13.7. The predicted molar refractivity (Wildman–Crippen MR) is 95.7 cm³/mol. The van der Waals surface area contributed by atoms with Crippen molar-refractivity contribution in [3.8, 4) is 17.5 Å². The van der Waals surface area contributed by atoms with Crippen LogP contribution in [0, 0.1) is 11.3 Å². The Morgan fingerprint density at radius 3 is 2.12 bits per heavy atom. The first-order chi connectivity index (χ1) is 12.3. The zero-order valence-corrected chi connectivity index (χ0v) is 13.9. The van der Waals surface area contributed by atoms with Crippen LogP contribution in [0.3, 0.4) is 0 Å². The maximum Gasteiger partial charge on any atom is 0.0930 e. The minimum Gasteiger partial charge on any atom is -0.265 e. The zero-order chi connectivity index (χ0) is 17.1. The number of hydrogen-bond acceptors (Lipinski definition) is 4. The molecule has 0 unspecified atom stereocenters. The Bertz CT molecular complexity index is 882. The number of unbranched alkanes of at least 4 members (excludes halogenated alkanes) is 1. The molecule has 1 aliphatic rings. The van der Waals surface area contributed by atoms with Gasteiger partial charge in [0.15, 0.2) is 0 Å². The van der Waals surface area contributed by atoms with Crippen LogP contribution < -0.4 is 0 Å². The highest BCUT2D eigenvalue weighted by atomic mass is 14.8. The molecule has 3 aromatic heterocycles. The lowest BCUT2D eigenvalue weighted by molar-refractivity contribution is 0.464. The van der Waals surface area contributed by atoms with Gasteiger partial charge < -0.3 is 0 Å². The van der Waals surface area contributed by atoms with E-state index in [1.54, 1.807) is 0 Å². The van der Waals surface area contributed by atoms with Crippen LogP contribution in [-0.2, 0) is 11.8 Å². The van der Waals surface area contributed by atoms with Crippen LogP contribution in [0.1, 0.15) is 36.0 Å². The summed E-state index contributed by atoms with van der Waals surface area (Å²) < 4.78 is 0. The maximum absolute atomic E-state index is 9.02. The van der Waals surface area contributed by atoms with E-state index in [2.05, 4.69) is 45.3 Å². The van der Waals surface area contributed by atoms with E-state index in [1.165, 1.54) is 16.7 Å².